The van der Waals surface area contributed by atoms with Gasteiger partial charge < -0.3 is 5.32 Å². The predicted octanol–water partition coefficient (Wildman–Crippen LogP) is 5.10. The predicted molar refractivity (Wildman–Crippen MR) is 87.5 cm³/mol. The summed E-state index contributed by atoms with van der Waals surface area (Å²) in [7, 11) is 0. The minimum atomic E-state index is 0.405. The van der Waals surface area contributed by atoms with Crippen LogP contribution in [0.3, 0.4) is 0 Å². The average molecular weight is 277 g/mol. The largest absolute Gasteiger partial charge is 0.377 e. The molecule has 3 aromatic rings. The van der Waals surface area contributed by atoms with Crippen molar-refractivity contribution in [2.75, 3.05) is 11.1 Å². The summed E-state index contributed by atoms with van der Waals surface area (Å²) < 4.78 is 0. The zero-order valence-corrected chi connectivity index (χ0v) is 11.9. The van der Waals surface area contributed by atoms with E-state index >= 15 is 0 Å². The van der Waals surface area contributed by atoms with Crippen LogP contribution in [0, 0.1) is 0 Å². The third kappa shape index (κ3) is 1.97. The SMILES string of the molecule is c1ccc2c(c1)SCC2Nc1cccc2ccccc12. The van der Waals surface area contributed by atoms with E-state index in [1.807, 2.05) is 11.8 Å². The van der Waals surface area contributed by atoms with E-state index in [9.17, 15) is 0 Å². The number of fused-ring (bicyclic) bond motifs is 2. The quantitative estimate of drug-likeness (QED) is 0.699. The van der Waals surface area contributed by atoms with E-state index in [1.165, 1.54) is 26.9 Å². The van der Waals surface area contributed by atoms with Crippen molar-refractivity contribution in [2.24, 2.45) is 0 Å². The Hall–Kier alpha value is -1.93. The summed E-state index contributed by atoms with van der Waals surface area (Å²) >= 11 is 1.94. The lowest BCUT2D eigenvalue weighted by atomic mass is 10.1. The normalized spacial score (nSPS) is 17.1. The fraction of sp³-hybridized carbons (Fsp3) is 0.111. The smallest absolute Gasteiger partial charge is 0.0618 e. The Labute approximate surface area is 123 Å². The van der Waals surface area contributed by atoms with Gasteiger partial charge in [0.1, 0.15) is 0 Å². The highest BCUT2D eigenvalue weighted by Crippen LogP contribution is 2.40. The van der Waals surface area contributed by atoms with Crippen molar-refractivity contribution in [3.8, 4) is 0 Å². The van der Waals surface area contributed by atoms with E-state index in [0.29, 0.717) is 6.04 Å². The van der Waals surface area contributed by atoms with Crippen molar-refractivity contribution in [1.29, 1.82) is 0 Å². The van der Waals surface area contributed by atoms with E-state index in [0.717, 1.165) is 5.75 Å². The van der Waals surface area contributed by atoms with Crippen molar-refractivity contribution in [1.82, 2.24) is 0 Å². The van der Waals surface area contributed by atoms with Crippen molar-refractivity contribution in [2.45, 2.75) is 10.9 Å². The van der Waals surface area contributed by atoms with Gasteiger partial charge in [-0.15, -0.1) is 11.8 Å². The first-order valence-electron chi connectivity index (χ1n) is 6.88. The van der Waals surface area contributed by atoms with Crippen LogP contribution in [0.25, 0.3) is 10.8 Å². The summed E-state index contributed by atoms with van der Waals surface area (Å²) in [6.07, 6.45) is 0. The summed E-state index contributed by atoms with van der Waals surface area (Å²) in [5.74, 6) is 1.10. The van der Waals surface area contributed by atoms with Gasteiger partial charge in [-0.3, -0.25) is 0 Å². The van der Waals surface area contributed by atoms with Crippen molar-refractivity contribution < 1.29 is 0 Å². The van der Waals surface area contributed by atoms with Crippen LogP contribution in [0.1, 0.15) is 11.6 Å². The molecule has 0 saturated carbocycles. The highest BCUT2D eigenvalue weighted by atomic mass is 32.2. The topological polar surface area (TPSA) is 12.0 Å². The van der Waals surface area contributed by atoms with Gasteiger partial charge in [-0.2, -0.15) is 0 Å². The molecule has 1 nitrogen and oxygen atoms in total. The second-order valence-electron chi connectivity index (χ2n) is 5.07. The molecule has 0 saturated heterocycles. The van der Waals surface area contributed by atoms with Crippen molar-refractivity contribution in [3.63, 3.8) is 0 Å². The molecule has 0 radical (unpaired) electrons. The van der Waals surface area contributed by atoms with Gasteiger partial charge in [0.25, 0.3) is 0 Å². The molecule has 1 atom stereocenters. The molecule has 3 aromatic carbocycles. The summed E-state index contributed by atoms with van der Waals surface area (Å²) in [4.78, 5) is 1.41. The molecule has 1 aliphatic rings. The molecule has 0 amide bonds. The fourth-order valence-corrected chi connectivity index (χ4v) is 3.98. The van der Waals surface area contributed by atoms with Gasteiger partial charge in [0.15, 0.2) is 0 Å². The molecule has 1 heterocycles. The molecule has 0 aromatic heterocycles. The lowest BCUT2D eigenvalue weighted by Crippen LogP contribution is -2.09. The van der Waals surface area contributed by atoms with Gasteiger partial charge in [-0.25, -0.2) is 0 Å². The molecular formula is C18H15NS. The van der Waals surface area contributed by atoms with Crippen molar-refractivity contribution in [3.05, 3.63) is 72.3 Å². The standard InChI is InChI=1S/C18H15NS/c1-2-8-14-13(6-1)7-5-10-16(14)19-17-12-20-18-11-4-3-9-15(17)18/h1-11,17,19H,12H2. The number of anilines is 1. The maximum atomic E-state index is 3.72. The summed E-state index contributed by atoms with van der Waals surface area (Å²) in [6, 6.07) is 24.1. The average Bonchev–Trinajstić information content (AvgIpc) is 2.91. The van der Waals surface area contributed by atoms with E-state index in [-0.39, 0.29) is 0 Å². The molecule has 0 aliphatic carbocycles. The Kier molecular flexibility index (Phi) is 2.89. The van der Waals surface area contributed by atoms with Crippen LogP contribution >= 0.6 is 11.8 Å². The minimum Gasteiger partial charge on any atom is -0.377 e. The molecular weight excluding hydrogens is 262 g/mol. The lowest BCUT2D eigenvalue weighted by Gasteiger charge is -2.16. The maximum Gasteiger partial charge on any atom is 0.0618 e. The highest BCUT2D eigenvalue weighted by Gasteiger charge is 2.22. The van der Waals surface area contributed by atoms with Gasteiger partial charge in [-0.1, -0.05) is 54.6 Å². The van der Waals surface area contributed by atoms with Crippen LogP contribution in [0.5, 0.6) is 0 Å². The Morgan fingerprint density at radius 3 is 2.65 bits per heavy atom. The Balaban J connectivity index is 1.73. The Bertz CT molecular complexity index is 761. The van der Waals surface area contributed by atoms with Gasteiger partial charge >= 0.3 is 0 Å². The lowest BCUT2D eigenvalue weighted by molar-refractivity contribution is 0.902. The monoisotopic (exact) mass is 277 g/mol. The number of benzene rings is 3. The number of hydrogen-bond donors (Lipinski definition) is 1. The van der Waals surface area contributed by atoms with Crippen LogP contribution in [0.4, 0.5) is 5.69 Å². The van der Waals surface area contributed by atoms with Gasteiger partial charge in [0.2, 0.25) is 0 Å². The number of nitrogens with one attached hydrogen (secondary N) is 1. The Morgan fingerprint density at radius 2 is 1.65 bits per heavy atom. The number of rotatable bonds is 2. The summed E-state index contributed by atoms with van der Waals surface area (Å²) in [5.41, 5.74) is 2.65. The van der Waals surface area contributed by atoms with Crippen LogP contribution in [0.15, 0.2) is 71.6 Å². The second kappa shape index (κ2) is 4.88. The van der Waals surface area contributed by atoms with Crippen LogP contribution in [-0.2, 0) is 0 Å². The molecule has 0 spiro atoms. The third-order valence-electron chi connectivity index (χ3n) is 3.82. The number of hydrogen-bond acceptors (Lipinski definition) is 2. The van der Waals surface area contributed by atoms with E-state index in [2.05, 4.69) is 72.0 Å². The molecule has 0 fully saturated rings. The first-order chi connectivity index (χ1) is 9.92. The van der Waals surface area contributed by atoms with Gasteiger partial charge in [0.05, 0.1) is 6.04 Å². The van der Waals surface area contributed by atoms with Gasteiger partial charge in [-0.05, 0) is 23.1 Å². The van der Waals surface area contributed by atoms with E-state index in [1.54, 1.807) is 0 Å². The molecule has 4 rings (SSSR count). The molecule has 20 heavy (non-hydrogen) atoms. The molecule has 0 bridgehead atoms. The minimum absolute atomic E-state index is 0.405. The Morgan fingerprint density at radius 1 is 0.850 bits per heavy atom. The molecule has 2 heteroatoms. The molecule has 1 aliphatic heterocycles. The van der Waals surface area contributed by atoms with Gasteiger partial charge in [0, 0.05) is 21.7 Å². The van der Waals surface area contributed by atoms with Crippen molar-refractivity contribution >= 4 is 28.2 Å². The summed E-state index contributed by atoms with van der Waals surface area (Å²) in [6.45, 7) is 0. The van der Waals surface area contributed by atoms with Crippen LogP contribution in [-0.4, -0.2) is 5.75 Å². The first kappa shape index (κ1) is 11.9. The van der Waals surface area contributed by atoms with E-state index in [4.69, 9.17) is 0 Å². The zero-order chi connectivity index (χ0) is 13.4. The maximum absolute atomic E-state index is 3.72. The highest BCUT2D eigenvalue weighted by molar-refractivity contribution is 7.99. The fourth-order valence-electron chi connectivity index (χ4n) is 2.82. The molecule has 98 valence electrons. The number of thioether (sulfide) groups is 1. The van der Waals surface area contributed by atoms with Crippen LogP contribution in [0.2, 0.25) is 0 Å². The third-order valence-corrected chi connectivity index (χ3v) is 5.00. The summed E-state index contributed by atoms with van der Waals surface area (Å²) in [5, 5.41) is 6.30. The molecule has 1 N–H and O–H groups in total. The van der Waals surface area contributed by atoms with E-state index < -0.39 is 0 Å². The first-order valence-corrected chi connectivity index (χ1v) is 7.86. The van der Waals surface area contributed by atoms with Crippen LogP contribution < -0.4 is 5.32 Å². The molecule has 1 unspecified atom stereocenters. The zero-order valence-electron chi connectivity index (χ0n) is 11.0. The second-order valence-corrected chi connectivity index (χ2v) is 6.13.